The molecule has 8 heteroatoms. The fourth-order valence-electron chi connectivity index (χ4n) is 3.20. The van der Waals surface area contributed by atoms with Crippen LogP contribution in [-0.4, -0.2) is 56.0 Å². The Bertz CT molecular complexity index is 650. The number of hydrogen-bond acceptors (Lipinski definition) is 5. The standard InChI is InChI=1S/C17H24BNO6/c1-9(2)7-12-14(16(20)21)25-15(19(12)17(18)22)11-6-5-10(23-3)8-13(11)24-4/h5-6,8-9,12,14-15H,7,18H2,1-4H3,(H,20,21)/t12?,14-,15?/m1/s1. The van der Waals surface area contributed by atoms with Crippen LogP contribution in [0, 0.1) is 5.92 Å². The van der Waals surface area contributed by atoms with Gasteiger partial charge in [0.15, 0.2) is 18.1 Å². The molecule has 2 rings (SSSR count). The molecule has 7 nitrogen and oxygen atoms in total. The van der Waals surface area contributed by atoms with Gasteiger partial charge in [0, 0.05) is 11.6 Å². The van der Waals surface area contributed by atoms with Crippen LogP contribution in [0.1, 0.15) is 32.1 Å². The van der Waals surface area contributed by atoms with Gasteiger partial charge >= 0.3 is 5.97 Å². The van der Waals surface area contributed by atoms with Crippen molar-refractivity contribution in [2.75, 3.05) is 14.2 Å². The smallest absolute Gasteiger partial charge is 0.335 e. The highest BCUT2D eigenvalue weighted by molar-refractivity contribution is 6.57. The molecule has 1 aromatic rings. The average molecular weight is 349 g/mol. The van der Waals surface area contributed by atoms with Gasteiger partial charge in [-0.3, -0.25) is 4.79 Å². The summed E-state index contributed by atoms with van der Waals surface area (Å²) in [7, 11) is 4.47. The third-order valence-electron chi connectivity index (χ3n) is 4.26. The third kappa shape index (κ3) is 3.90. The average Bonchev–Trinajstić information content (AvgIpc) is 2.92. The molecular formula is C17H24BNO6. The highest BCUT2D eigenvalue weighted by Gasteiger charge is 2.48. The van der Waals surface area contributed by atoms with Gasteiger partial charge in [0.2, 0.25) is 7.85 Å². The zero-order valence-corrected chi connectivity index (χ0v) is 15.2. The first-order valence-corrected chi connectivity index (χ1v) is 8.19. The number of carboxylic acid groups (broad SMARTS) is 1. The maximum Gasteiger partial charge on any atom is 0.335 e. The Balaban J connectivity index is 2.48. The summed E-state index contributed by atoms with van der Waals surface area (Å²) < 4.78 is 16.4. The second kappa shape index (κ2) is 7.78. The largest absolute Gasteiger partial charge is 0.497 e. The number of nitrogens with zero attached hydrogens (tertiary/aromatic N) is 1. The molecule has 0 aromatic heterocycles. The maximum absolute atomic E-state index is 12.3. The molecule has 1 saturated heterocycles. The molecule has 136 valence electrons. The number of hydrogen-bond donors (Lipinski definition) is 1. The normalized spacial score (nSPS) is 22.9. The van der Waals surface area contributed by atoms with Crippen molar-refractivity contribution in [2.24, 2.45) is 5.92 Å². The summed E-state index contributed by atoms with van der Waals surface area (Å²) in [6.07, 6.45) is -1.36. The molecule has 1 N–H and O–H groups in total. The Morgan fingerprint density at radius 3 is 2.48 bits per heavy atom. The first-order chi connectivity index (χ1) is 11.8. The summed E-state index contributed by atoms with van der Waals surface area (Å²) in [5.41, 5.74) is 0.594. The predicted octanol–water partition coefficient (Wildman–Crippen LogP) is 1.66. The Morgan fingerprint density at radius 2 is 2.00 bits per heavy atom. The van der Waals surface area contributed by atoms with E-state index in [-0.39, 0.29) is 11.7 Å². The van der Waals surface area contributed by atoms with Crippen LogP contribution in [0.2, 0.25) is 0 Å². The Morgan fingerprint density at radius 1 is 1.32 bits per heavy atom. The number of amides is 1. The van der Waals surface area contributed by atoms with Crippen molar-refractivity contribution in [1.29, 1.82) is 0 Å². The number of benzene rings is 1. The molecule has 3 atom stereocenters. The van der Waals surface area contributed by atoms with E-state index in [1.807, 2.05) is 13.8 Å². The monoisotopic (exact) mass is 349 g/mol. The van der Waals surface area contributed by atoms with Crippen LogP contribution < -0.4 is 9.47 Å². The summed E-state index contributed by atoms with van der Waals surface area (Å²) in [4.78, 5) is 25.5. The number of methoxy groups -OCH3 is 2. The lowest BCUT2D eigenvalue weighted by Gasteiger charge is -2.29. The highest BCUT2D eigenvalue weighted by Crippen LogP contribution is 2.41. The molecule has 1 aliphatic heterocycles. The van der Waals surface area contributed by atoms with Gasteiger partial charge in [-0.05, 0) is 24.5 Å². The van der Waals surface area contributed by atoms with E-state index in [9.17, 15) is 14.7 Å². The van der Waals surface area contributed by atoms with Crippen LogP contribution in [0.5, 0.6) is 11.5 Å². The molecule has 1 heterocycles. The molecular weight excluding hydrogens is 325 g/mol. The zero-order valence-electron chi connectivity index (χ0n) is 15.2. The molecule has 2 unspecified atom stereocenters. The van der Waals surface area contributed by atoms with E-state index < -0.39 is 24.3 Å². The molecule has 0 aliphatic carbocycles. The van der Waals surface area contributed by atoms with Gasteiger partial charge in [-0.2, -0.15) is 0 Å². The van der Waals surface area contributed by atoms with E-state index in [0.29, 0.717) is 23.5 Å². The van der Waals surface area contributed by atoms with Crippen molar-refractivity contribution >= 4 is 19.6 Å². The molecule has 1 aromatic carbocycles. The topological polar surface area (TPSA) is 85.3 Å². The van der Waals surface area contributed by atoms with Crippen LogP contribution in [-0.2, 0) is 9.53 Å². The first-order valence-electron chi connectivity index (χ1n) is 8.19. The Hall–Kier alpha value is -2.22. The third-order valence-corrected chi connectivity index (χ3v) is 4.26. The maximum atomic E-state index is 12.3. The summed E-state index contributed by atoms with van der Waals surface area (Å²) in [6, 6.07) is 4.61. The Labute approximate surface area is 148 Å². The quantitative estimate of drug-likeness (QED) is 0.786. The highest BCUT2D eigenvalue weighted by atomic mass is 16.6. The summed E-state index contributed by atoms with van der Waals surface area (Å²) >= 11 is 0. The fourth-order valence-corrected chi connectivity index (χ4v) is 3.20. The minimum Gasteiger partial charge on any atom is -0.497 e. The molecule has 1 amide bonds. The van der Waals surface area contributed by atoms with E-state index >= 15 is 0 Å². The van der Waals surface area contributed by atoms with E-state index in [1.165, 1.54) is 19.9 Å². The second-order valence-corrected chi connectivity index (χ2v) is 6.48. The van der Waals surface area contributed by atoms with Crippen molar-refractivity contribution < 1.29 is 28.9 Å². The summed E-state index contributed by atoms with van der Waals surface area (Å²) in [6.45, 7) is 3.97. The number of carbonyl (C=O) groups is 2. The molecule has 25 heavy (non-hydrogen) atoms. The SMILES string of the molecule is BC(=O)N1C(c2ccc(OC)cc2OC)O[C@@H](C(=O)O)C1CC(C)C. The lowest BCUT2D eigenvalue weighted by atomic mass is 9.95. The van der Waals surface area contributed by atoms with Crippen LogP contribution in [0.25, 0.3) is 0 Å². The van der Waals surface area contributed by atoms with E-state index in [1.54, 1.807) is 25.3 Å². The van der Waals surface area contributed by atoms with Gasteiger partial charge in [0.25, 0.3) is 0 Å². The molecule has 0 radical (unpaired) electrons. The molecule has 0 bridgehead atoms. The molecule has 0 saturated carbocycles. The second-order valence-electron chi connectivity index (χ2n) is 6.48. The van der Waals surface area contributed by atoms with Gasteiger partial charge in [-0.1, -0.05) is 13.8 Å². The van der Waals surface area contributed by atoms with Gasteiger partial charge < -0.3 is 24.2 Å². The van der Waals surface area contributed by atoms with Crippen LogP contribution in [0.3, 0.4) is 0 Å². The van der Waals surface area contributed by atoms with Crippen molar-refractivity contribution in [1.82, 2.24) is 4.90 Å². The predicted molar refractivity (Wildman–Crippen MR) is 93.8 cm³/mol. The van der Waals surface area contributed by atoms with E-state index in [4.69, 9.17) is 14.2 Å². The molecule has 1 fully saturated rings. The van der Waals surface area contributed by atoms with Crippen LogP contribution >= 0.6 is 0 Å². The summed E-state index contributed by atoms with van der Waals surface area (Å²) in [5.74, 6) is -0.0237. The van der Waals surface area contributed by atoms with E-state index in [0.717, 1.165) is 0 Å². The van der Waals surface area contributed by atoms with Gasteiger partial charge in [0.05, 0.1) is 20.3 Å². The molecule has 1 aliphatic rings. The minimum atomic E-state index is -1.08. The van der Waals surface area contributed by atoms with Gasteiger partial charge in [0.1, 0.15) is 11.5 Å². The van der Waals surface area contributed by atoms with Crippen LogP contribution in [0.4, 0.5) is 4.79 Å². The fraction of sp³-hybridized carbons (Fsp3) is 0.529. The minimum absolute atomic E-state index is 0.216. The van der Waals surface area contributed by atoms with Crippen LogP contribution in [0.15, 0.2) is 18.2 Å². The lowest BCUT2D eigenvalue weighted by molar-refractivity contribution is -0.150. The van der Waals surface area contributed by atoms with Crippen molar-refractivity contribution in [3.63, 3.8) is 0 Å². The Kier molecular flexibility index (Phi) is 5.95. The van der Waals surface area contributed by atoms with Gasteiger partial charge in [-0.25, -0.2) is 4.79 Å². The number of carbonyl (C=O) groups excluding carboxylic acids is 1. The van der Waals surface area contributed by atoms with Crippen molar-refractivity contribution in [3.05, 3.63) is 23.8 Å². The van der Waals surface area contributed by atoms with E-state index in [2.05, 4.69) is 0 Å². The molecule has 0 spiro atoms. The number of ether oxygens (including phenoxy) is 3. The number of carboxylic acids is 1. The lowest BCUT2D eigenvalue weighted by Crippen LogP contribution is -2.43. The van der Waals surface area contributed by atoms with Crippen molar-refractivity contribution in [3.8, 4) is 11.5 Å². The van der Waals surface area contributed by atoms with Gasteiger partial charge in [-0.15, -0.1) is 0 Å². The summed E-state index contributed by atoms with van der Waals surface area (Å²) in [5, 5.41) is 9.56. The number of rotatable bonds is 6. The number of aliphatic carboxylic acids is 1. The zero-order chi connectivity index (χ0) is 18.7. The van der Waals surface area contributed by atoms with Crippen molar-refractivity contribution in [2.45, 2.75) is 38.6 Å². The first kappa shape index (κ1) is 19.1.